The van der Waals surface area contributed by atoms with Crippen LogP contribution in [0.15, 0.2) is 115 Å². The topological polar surface area (TPSA) is 75.3 Å². The van der Waals surface area contributed by atoms with Crippen LogP contribution < -0.4 is 10.6 Å². The number of anilines is 2. The Bertz CT molecular complexity index is 1760. The van der Waals surface area contributed by atoms with Crippen LogP contribution in [0, 0.1) is 12.7 Å². The number of rotatable bonds is 9. The highest BCUT2D eigenvalue weighted by Crippen LogP contribution is 2.29. The predicted molar refractivity (Wildman–Crippen MR) is 167 cm³/mol. The van der Waals surface area contributed by atoms with Crippen LogP contribution in [-0.2, 0) is 16.0 Å². The van der Waals surface area contributed by atoms with Gasteiger partial charge in [-0.3, -0.25) is 14.4 Å². The molecule has 7 heteroatoms. The van der Waals surface area contributed by atoms with Crippen LogP contribution in [-0.4, -0.2) is 17.6 Å². The molecule has 1 aromatic heterocycles. The molecule has 5 aromatic rings. The summed E-state index contributed by atoms with van der Waals surface area (Å²) in [6.45, 7) is 1.98. The number of amides is 2. The van der Waals surface area contributed by atoms with Gasteiger partial charge in [0.25, 0.3) is 0 Å². The standard InChI is InChI=1S/C35H27FN2O3S/c1-23-7-9-24(10-8-23)21-34(40)38-31-18-15-28(22-30(31)35(41)26-5-3-2-4-6-26)37-33(39)20-17-29-16-19-32(42-29)25-11-13-27(36)14-12-25/h2-20,22H,21H2,1H3,(H,37,39)(H,38,40)/b20-17+. The molecule has 0 spiro atoms. The predicted octanol–water partition coefficient (Wildman–Crippen LogP) is 7.93. The molecular weight excluding hydrogens is 547 g/mol. The molecule has 42 heavy (non-hydrogen) atoms. The fourth-order valence-corrected chi connectivity index (χ4v) is 5.22. The first-order valence-corrected chi connectivity index (χ1v) is 14.1. The number of ketones is 1. The van der Waals surface area contributed by atoms with Crippen LogP contribution in [0.25, 0.3) is 16.5 Å². The number of hydrogen-bond acceptors (Lipinski definition) is 4. The van der Waals surface area contributed by atoms with Gasteiger partial charge in [0.05, 0.1) is 12.1 Å². The molecule has 0 unspecified atom stereocenters. The molecular formula is C35H27FN2O3S. The number of aryl methyl sites for hydroxylation is 1. The van der Waals surface area contributed by atoms with Gasteiger partial charge in [0.1, 0.15) is 5.82 Å². The van der Waals surface area contributed by atoms with Gasteiger partial charge in [0.2, 0.25) is 11.8 Å². The summed E-state index contributed by atoms with van der Waals surface area (Å²) in [6.07, 6.45) is 3.27. The maximum Gasteiger partial charge on any atom is 0.248 e. The van der Waals surface area contributed by atoms with E-state index in [1.54, 1.807) is 60.7 Å². The van der Waals surface area contributed by atoms with Crippen molar-refractivity contribution in [1.82, 2.24) is 0 Å². The number of thiophene rings is 1. The number of halogens is 1. The van der Waals surface area contributed by atoms with Crippen LogP contribution >= 0.6 is 11.3 Å². The van der Waals surface area contributed by atoms with Crippen molar-refractivity contribution in [3.8, 4) is 10.4 Å². The summed E-state index contributed by atoms with van der Waals surface area (Å²) in [6, 6.07) is 31.4. The first kappa shape index (κ1) is 28.4. The average Bonchev–Trinajstić information content (AvgIpc) is 3.48. The van der Waals surface area contributed by atoms with E-state index in [1.165, 1.54) is 29.5 Å². The van der Waals surface area contributed by atoms with Gasteiger partial charge in [-0.15, -0.1) is 11.3 Å². The minimum absolute atomic E-state index is 0.161. The minimum atomic E-state index is -0.374. The van der Waals surface area contributed by atoms with Crippen molar-refractivity contribution in [3.63, 3.8) is 0 Å². The van der Waals surface area contributed by atoms with Crippen molar-refractivity contribution < 1.29 is 18.8 Å². The molecule has 0 radical (unpaired) electrons. The largest absolute Gasteiger partial charge is 0.325 e. The number of benzene rings is 4. The second kappa shape index (κ2) is 13.0. The van der Waals surface area contributed by atoms with Crippen molar-refractivity contribution in [2.24, 2.45) is 0 Å². The Morgan fingerprint density at radius 3 is 2.29 bits per heavy atom. The summed E-state index contributed by atoms with van der Waals surface area (Å²) in [7, 11) is 0. The second-order valence-corrected chi connectivity index (χ2v) is 10.8. The molecule has 0 saturated heterocycles. The lowest BCUT2D eigenvalue weighted by Crippen LogP contribution is -2.18. The maximum absolute atomic E-state index is 13.4. The highest BCUT2D eigenvalue weighted by atomic mass is 32.1. The van der Waals surface area contributed by atoms with E-state index in [-0.39, 0.29) is 35.4 Å². The van der Waals surface area contributed by atoms with Crippen LogP contribution in [0.4, 0.5) is 15.8 Å². The van der Waals surface area contributed by atoms with E-state index in [2.05, 4.69) is 10.6 Å². The average molecular weight is 575 g/mol. The third kappa shape index (κ3) is 7.33. The smallest absolute Gasteiger partial charge is 0.248 e. The van der Waals surface area contributed by atoms with Gasteiger partial charge in [-0.05, 0) is 66.6 Å². The first-order chi connectivity index (χ1) is 20.3. The van der Waals surface area contributed by atoms with Crippen molar-refractivity contribution in [2.75, 3.05) is 10.6 Å². The Morgan fingerprint density at radius 2 is 1.55 bits per heavy atom. The van der Waals surface area contributed by atoms with Crippen molar-refractivity contribution in [3.05, 3.63) is 148 Å². The third-order valence-corrected chi connectivity index (χ3v) is 7.58. The number of nitrogens with one attached hydrogen (secondary N) is 2. The van der Waals surface area contributed by atoms with Gasteiger partial charge in [-0.2, -0.15) is 0 Å². The molecule has 2 amide bonds. The summed E-state index contributed by atoms with van der Waals surface area (Å²) >= 11 is 1.48. The van der Waals surface area contributed by atoms with Gasteiger partial charge in [0, 0.05) is 32.6 Å². The summed E-state index contributed by atoms with van der Waals surface area (Å²) in [5.41, 5.74) is 4.37. The molecule has 208 valence electrons. The first-order valence-electron chi connectivity index (χ1n) is 13.3. The zero-order chi connectivity index (χ0) is 29.5. The molecule has 1 heterocycles. The van der Waals surface area contributed by atoms with E-state index in [9.17, 15) is 18.8 Å². The molecule has 0 saturated carbocycles. The summed E-state index contributed by atoms with van der Waals surface area (Å²) < 4.78 is 13.2. The van der Waals surface area contributed by atoms with Gasteiger partial charge < -0.3 is 10.6 Å². The molecule has 0 aliphatic heterocycles. The Balaban J connectivity index is 1.32. The molecule has 4 aromatic carbocycles. The molecule has 0 bridgehead atoms. The van der Waals surface area contributed by atoms with Crippen LogP contribution in [0.2, 0.25) is 0 Å². The van der Waals surface area contributed by atoms with Crippen molar-refractivity contribution in [2.45, 2.75) is 13.3 Å². The third-order valence-electron chi connectivity index (χ3n) is 6.48. The molecule has 2 N–H and O–H groups in total. The van der Waals surface area contributed by atoms with Gasteiger partial charge in [-0.1, -0.05) is 72.3 Å². The van der Waals surface area contributed by atoms with Gasteiger partial charge >= 0.3 is 0 Å². The molecule has 5 rings (SSSR count). The SMILES string of the molecule is Cc1ccc(CC(=O)Nc2ccc(NC(=O)/C=C/c3ccc(-c4ccc(F)cc4)s3)cc2C(=O)c2ccccc2)cc1. The summed E-state index contributed by atoms with van der Waals surface area (Å²) in [4.78, 5) is 40.9. The fraction of sp³-hybridized carbons (Fsp3) is 0.0571. The Kier molecular flexibility index (Phi) is 8.80. The number of carbonyl (C=O) groups excluding carboxylic acids is 3. The Hall–Kier alpha value is -5.14. The zero-order valence-corrected chi connectivity index (χ0v) is 23.6. The van der Waals surface area contributed by atoms with Crippen molar-refractivity contribution in [1.29, 1.82) is 0 Å². The number of carbonyl (C=O) groups is 3. The molecule has 5 nitrogen and oxygen atoms in total. The lowest BCUT2D eigenvalue weighted by Gasteiger charge is -2.13. The van der Waals surface area contributed by atoms with Crippen LogP contribution in [0.1, 0.15) is 31.9 Å². The summed E-state index contributed by atoms with van der Waals surface area (Å²) in [5.74, 6) is -1.20. The minimum Gasteiger partial charge on any atom is -0.325 e. The Labute approximate surface area is 247 Å². The highest BCUT2D eigenvalue weighted by Gasteiger charge is 2.17. The summed E-state index contributed by atoms with van der Waals surface area (Å²) in [5, 5.41) is 5.67. The molecule has 0 fully saturated rings. The van der Waals surface area contributed by atoms with E-state index < -0.39 is 0 Å². The van der Waals surface area contributed by atoms with E-state index >= 15 is 0 Å². The lowest BCUT2D eigenvalue weighted by atomic mass is 10.0. The fourth-order valence-electron chi connectivity index (χ4n) is 4.30. The highest BCUT2D eigenvalue weighted by molar-refractivity contribution is 7.16. The van der Waals surface area contributed by atoms with Crippen LogP contribution in [0.5, 0.6) is 0 Å². The van der Waals surface area contributed by atoms with E-state index in [0.29, 0.717) is 16.9 Å². The van der Waals surface area contributed by atoms with Crippen LogP contribution in [0.3, 0.4) is 0 Å². The maximum atomic E-state index is 13.4. The normalized spacial score (nSPS) is 10.9. The second-order valence-electron chi connectivity index (χ2n) is 9.70. The monoisotopic (exact) mass is 574 g/mol. The van der Waals surface area contributed by atoms with Gasteiger partial charge in [0.15, 0.2) is 5.78 Å². The van der Waals surface area contributed by atoms with Crippen molar-refractivity contribution >= 4 is 46.4 Å². The quantitative estimate of drug-likeness (QED) is 0.139. The zero-order valence-electron chi connectivity index (χ0n) is 22.8. The molecule has 0 aliphatic carbocycles. The number of hydrogen-bond donors (Lipinski definition) is 2. The van der Waals surface area contributed by atoms with Gasteiger partial charge in [-0.25, -0.2) is 4.39 Å². The Morgan fingerprint density at radius 1 is 0.810 bits per heavy atom. The van der Waals surface area contributed by atoms with E-state index in [1.807, 2.05) is 49.4 Å². The van der Waals surface area contributed by atoms with E-state index in [4.69, 9.17) is 0 Å². The van der Waals surface area contributed by atoms with E-state index in [0.717, 1.165) is 26.4 Å². The lowest BCUT2D eigenvalue weighted by molar-refractivity contribution is -0.115. The molecule has 0 aliphatic rings. The molecule has 0 atom stereocenters.